The van der Waals surface area contributed by atoms with Gasteiger partial charge in [-0.15, -0.1) is 0 Å². The first-order valence-electron chi connectivity index (χ1n) is 7.69. The summed E-state index contributed by atoms with van der Waals surface area (Å²) < 4.78 is 19.4. The topological polar surface area (TPSA) is 79.8 Å². The van der Waals surface area contributed by atoms with E-state index in [-0.39, 0.29) is 24.4 Å². The van der Waals surface area contributed by atoms with E-state index in [1.807, 2.05) is 0 Å². The molecule has 0 fully saturated rings. The molecule has 0 heterocycles. The molecule has 8 heteroatoms. The zero-order valence-electron chi connectivity index (χ0n) is 14.0. The van der Waals surface area contributed by atoms with Crippen LogP contribution >= 0.6 is 15.9 Å². The van der Waals surface area contributed by atoms with Gasteiger partial charge in [0.1, 0.15) is 11.6 Å². The molecule has 0 unspecified atom stereocenters. The molecule has 0 aliphatic carbocycles. The predicted molar refractivity (Wildman–Crippen MR) is 99.8 cm³/mol. The lowest BCUT2D eigenvalue weighted by Crippen LogP contribution is -2.29. The van der Waals surface area contributed by atoms with Gasteiger partial charge in [-0.05, 0) is 51.8 Å². The van der Waals surface area contributed by atoms with Gasteiger partial charge in [0.2, 0.25) is 5.91 Å². The van der Waals surface area contributed by atoms with Crippen molar-refractivity contribution in [3.8, 4) is 5.75 Å². The van der Waals surface area contributed by atoms with E-state index in [1.165, 1.54) is 24.4 Å². The normalized spacial score (nSPS) is 10.6. The van der Waals surface area contributed by atoms with Crippen LogP contribution in [0.25, 0.3) is 0 Å². The second kappa shape index (κ2) is 9.67. The molecule has 0 saturated carbocycles. The molecular weight excluding hydrogens is 405 g/mol. The Labute approximate surface area is 158 Å². The van der Waals surface area contributed by atoms with Crippen molar-refractivity contribution in [2.75, 3.05) is 13.7 Å². The summed E-state index contributed by atoms with van der Waals surface area (Å²) in [4.78, 5) is 23.5. The van der Waals surface area contributed by atoms with Crippen LogP contribution in [0.15, 0.2) is 52.0 Å². The van der Waals surface area contributed by atoms with Crippen molar-refractivity contribution in [2.24, 2.45) is 5.10 Å². The van der Waals surface area contributed by atoms with Gasteiger partial charge in [-0.2, -0.15) is 5.10 Å². The summed E-state index contributed by atoms with van der Waals surface area (Å²) in [5.41, 5.74) is 3.07. The van der Waals surface area contributed by atoms with E-state index >= 15 is 0 Å². The second-order valence-electron chi connectivity index (χ2n) is 5.17. The molecule has 2 rings (SSSR count). The molecule has 2 aromatic carbocycles. The Balaban J connectivity index is 1.76. The van der Waals surface area contributed by atoms with Gasteiger partial charge in [0.15, 0.2) is 0 Å². The molecule has 0 bridgehead atoms. The van der Waals surface area contributed by atoms with Crippen LogP contribution in [-0.4, -0.2) is 31.7 Å². The molecule has 0 atom stereocenters. The summed E-state index contributed by atoms with van der Waals surface area (Å²) in [5, 5.41) is 6.34. The second-order valence-corrected chi connectivity index (χ2v) is 6.03. The predicted octanol–water partition coefficient (Wildman–Crippen LogP) is 2.87. The van der Waals surface area contributed by atoms with Crippen LogP contribution in [-0.2, 0) is 4.79 Å². The van der Waals surface area contributed by atoms with E-state index in [1.54, 1.807) is 31.4 Å². The average Bonchev–Trinajstić information content (AvgIpc) is 2.62. The lowest BCUT2D eigenvalue weighted by atomic mass is 10.2. The number of nitrogens with zero attached hydrogens (tertiary/aromatic N) is 1. The number of methoxy groups -OCH3 is 1. The number of benzene rings is 2. The number of amides is 2. The van der Waals surface area contributed by atoms with E-state index in [4.69, 9.17) is 4.74 Å². The third-order valence-corrected chi connectivity index (χ3v) is 3.95. The minimum absolute atomic E-state index is 0.0177. The highest BCUT2D eigenvalue weighted by molar-refractivity contribution is 9.10. The summed E-state index contributed by atoms with van der Waals surface area (Å²) in [6.45, 7) is 0.0720. The Bertz CT molecular complexity index is 827. The van der Waals surface area contributed by atoms with Crippen molar-refractivity contribution >= 4 is 34.0 Å². The Kier molecular flexibility index (Phi) is 7.28. The average molecular weight is 422 g/mol. The van der Waals surface area contributed by atoms with Gasteiger partial charge in [-0.25, -0.2) is 9.82 Å². The zero-order chi connectivity index (χ0) is 18.9. The number of carbonyl (C=O) groups is 2. The number of halogens is 2. The zero-order valence-corrected chi connectivity index (χ0v) is 15.5. The molecule has 0 radical (unpaired) electrons. The molecule has 26 heavy (non-hydrogen) atoms. The van der Waals surface area contributed by atoms with E-state index < -0.39 is 11.7 Å². The van der Waals surface area contributed by atoms with Crippen molar-refractivity contribution in [1.29, 1.82) is 0 Å². The molecule has 2 aromatic rings. The number of hydrazone groups is 1. The molecular formula is C18H17BrFN3O3. The Morgan fingerprint density at radius 1 is 1.27 bits per heavy atom. The number of hydrogen-bond donors (Lipinski definition) is 2. The van der Waals surface area contributed by atoms with Gasteiger partial charge in [0.25, 0.3) is 5.91 Å². The fraction of sp³-hybridized carbons (Fsp3) is 0.167. The van der Waals surface area contributed by atoms with Crippen molar-refractivity contribution in [3.05, 3.63) is 63.9 Å². The van der Waals surface area contributed by atoms with Crippen LogP contribution in [0.3, 0.4) is 0 Å². The lowest BCUT2D eigenvalue weighted by molar-refractivity contribution is -0.120. The maximum atomic E-state index is 13.5. The third kappa shape index (κ3) is 5.66. The summed E-state index contributed by atoms with van der Waals surface area (Å²) in [5.74, 6) is -0.855. The van der Waals surface area contributed by atoms with Gasteiger partial charge >= 0.3 is 0 Å². The molecule has 0 aromatic heterocycles. The quantitative estimate of drug-likeness (QED) is 0.532. The van der Waals surface area contributed by atoms with Crippen LogP contribution in [0, 0.1) is 5.82 Å². The maximum absolute atomic E-state index is 13.5. The van der Waals surface area contributed by atoms with Gasteiger partial charge in [0, 0.05) is 13.0 Å². The third-order valence-electron chi connectivity index (χ3n) is 3.33. The van der Waals surface area contributed by atoms with E-state index in [0.29, 0.717) is 5.75 Å². The largest absolute Gasteiger partial charge is 0.496 e. The highest BCUT2D eigenvalue weighted by Gasteiger charge is 2.10. The first kappa shape index (κ1) is 19.6. The Hall–Kier alpha value is -2.74. The van der Waals surface area contributed by atoms with Crippen molar-refractivity contribution in [2.45, 2.75) is 6.42 Å². The molecule has 0 aliphatic rings. The van der Waals surface area contributed by atoms with Crippen LogP contribution in [0.2, 0.25) is 0 Å². The van der Waals surface area contributed by atoms with Gasteiger partial charge in [0.05, 0.1) is 23.4 Å². The van der Waals surface area contributed by atoms with E-state index in [2.05, 4.69) is 31.8 Å². The highest BCUT2D eigenvalue weighted by Crippen LogP contribution is 2.24. The summed E-state index contributed by atoms with van der Waals surface area (Å²) in [6, 6.07) is 11.0. The molecule has 2 amide bonds. The van der Waals surface area contributed by atoms with Crippen LogP contribution in [0.1, 0.15) is 22.3 Å². The molecule has 136 valence electrons. The van der Waals surface area contributed by atoms with Crippen molar-refractivity contribution in [1.82, 2.24) is 10.7 Å². The van der Waals surface area contributed by atoms with E-state index in [9.17, 15) is 14.0 Å². The van der Waals surface area contributed by atoms with Gasteiger partial charge in [-0.3, -0.25) is 9.59 Å². The van der Waals surface area contributed by atoms with E-state index in [0.717, 1.165) is 10.0 Å². The Morgan fingerprint density at radius 3 is 2.73 bits per heavy atom. The fourth-order valence-electron chi connectivity index (χ4n) is 2.03. The Morgan fingerprint density at radius 2 is 2.04 bits per heavy atom. The minimum Gasteiger partial charge on any atom is -0.496 e. The molecule has 6 nitrogen and oxygen atoms in total. The maximum Gasteiger partial charge on any atom is 0.254 e. The minimum atomic E-state index is -0.607. The monoisotopic (exact) mass is 421 g/mol. The van der Waals surface area contributed by atoms with Crippen LogP contribution in [0.5, 0.6) is 5.75 Å². The smallest absolute Gasteiger partial charge is 0.254 e. The molecule has 2 N–H and O–H groups in total. The summed E-state index contributed by atoms with van der Waals surface area (Å²) in [7, 11) is 1.57. The molecule has 0 spiro atoms. The molecule has 0 aliphatic heterocycles. The fourth-order valence-corrected chi connectivity index (χ4v) is 2.59. The SMILES string of the molecule is COc1ccc(C=NNC(=O)CCNC(=O)c2ccccc2F)cc1Br. The van der Waals surface area contributed by atoms with Crippen LogP contribution in [0.4, 0.5) is 4.39 Å². The number of rotatable bonds is 7. The number of hydrogen-bond acceptors (Lipinski definition) is 4. The number of carbonyl (C=O) groups excluding carboxylic acids is 2. The van der Waals surface area contributed by atoms with Crippen molar-refractivity contribution in [3.63, 3.8) is 0 Å². The van der Waals surface area contributed by atoms with Crippen LogP contribution < -0.4 is 15.5 Å². The summed E-state index contributed by atoms with van der Waals surface area (Å²) in [6.07, 6.45) is 1.50. The first-order chi connectivity index (χ1) is 12.5. The van der Waals surface area contributed by atoms with Gasteiger partial charge in [-0.1, -0.05) is 12.1 Å². The first-order valence-corrected chi connectivity index (χ1v) is 8.48. The standard InChI is InChI=1S/C18H17BrFN3O3/c1-26-16-7-6-12(10-14(16)19)11-22-23-17(24)8-9-21-18(25)13-4-2-3-5-15(13)20/h2-7,10-11H,8-9H2,1H3,(H,21,25)(H,23,24). The number of ether oxygens (including phenoxy) is 1. The van der Waals surface area contributed by atoms with Crippen molar-refractivity contribution < 1.29 is 18.7 Å². The highest BCUT2D eigenvalue weighted by atomic mass is 79.9. The van der Waals surface area contributed by atoms with Gasteiger partial charge < -0.3 is 10.1 Å². The lowest BCUT2D eigenvalue weighted by Gasteiger charge is -2.05. The number of nitrogens with one attached hydrogen (secondary N) is 2. The molecule has 0 saturated heterocycles. The summed E-state index contributed by atoms with van der Waals surface area (Å²) >= 11 is 3.36.